The summed E-state index contributed by atoms with van der Waals surface area (Å²) in [5.74, 6) is 0. The summed E-state index contributed by atoms with van der Waals surface area (Å²) in [6.07, 6.45) is 4.19. The molecule has 2 aliphatic rings. The van der Waals surface area contributed by atoms with E-state index < -0.39 is 0 Å². The molecule has 1 saturated heterocycles. The Bertz CT molecular complexity index is 221. The second-order valence-electron chi connectivity index (χ2n) is 4.71. The lowest BCUT2D eigenvalue weighted by molar-refractivity contribution is 0.0400. The lowest BCUT2D eigenvalue weighted by Gasteiger charge is -2.52. The summed E-state index contributed by atoms with van der Waals surface area (Å²) in [6.45, 7) is 7.27. The van der Waals surface area contributed by atoms with Crippen molar-refractivity contribution in [2.24, 2.45) is 5.41 Å². The molecule has 1 aliphatic heterocycles. The van der Waals surface area contributed by atoms with Crippen LogP contribution in [0, 0.1) is 5.41 Å². The van der Waals surface area contributed by atoms with Crippen LogP contribution in [0.2, 0.25) is 0 Å². The third kappa shape index (κ3) is 1.03. The first-order valence-corrected chi connectivity index (χ1v) is 4.99. The molecule has 0 bridgehead atoms. The topological polar surface area (TPSA) is 3.24 Å². The number of allylic oxidation sites excluding steroid dienone is 1. The molecule has 1 aliphatic carbocycles. The number of nitrogens with zero attached hydrogens (tertiary/aromatic N) is 1. The van der Waals surface area contributed by atoms with E-state index in [0.717, 1.165) is 0 Å². The Morgan fingerprint density at radius 2 is 1.92 bits per heavy atom. The number of rotatable bonds is 0. The zero-order valence-corrected chi connectivity index (χ0v) is 8.48. The summed E-state index contributed by atoms with van der Waals surface area (Å²) in [4.78, 5) is 2.43. The molecule has 0 saturated carbocycles. The van der Waals surface area contributed by atoms with Gasteiger partial charge in [-0.05, 0) is 40.2 Å². The van der Waals surface area contributed by atoms with Gasteiger partial charge in [0.15, 0.2) is 0 Å². The van der Waals surface area contributed by atoms with Gasteiger partial charge in [-0.15, -0.1) is 0 Å². The Morgan fingerprint density at radius 1 is 1.25 bits per heavy atom. The fourth-order valence-electron chi connectivity index (χ4n) is 2.90. The van der Waals surface area contributed by atoms with Gasteiger partial charge in [0.25, 0.3) is 0 Å². The molecule has 1 heterocycles. The van der Waals surface area contributed by atoms with Gasteiger partial charge < -0.3 is 4.90 Å². The second kappa shape index (κ2) is 2.59. The first-order valence-electron chi connectivity index (χ1n) is 4.99. The van der Waals surface area contributed by atoms with E-state index in [9.17, 15) is 0 Å². The number of hydrogen-bond acceptors (Lipinski definition) is 1. The molecule has 2 rings (SSSR count). The van der Waals surface area contributed by atoms with E-state index in [-0.39, 0.29) is 0 Å². The SMILES string of the molecule is CC1=C(C)C2(CCC1)CN(C)C2. The first-order chi connectivity index (χ1) is 5.64. The first kappa shape index (κ1) is 8.31. The lowest BCUT2D eigenvalue weighted by Crippen LogP contribution is -2.55. The predicted molar refractivity (Wildman–Crippen MR) is 52.2 cm³/mol. The van der Waals surface area contributed by atoms with Crippen LogP contribution in [-0.2, 0) is 0 Å². The fourth-order valence-corrected chi connectivity index (χ4v) is 2.90. The molecule has 1 fully saturated rings. The zero-order valence-electron chi connectivity index (χ0n) is 8.48. The molecule has 68 valence electrons. The van der Waals surface area contributed by atoms with Crippen LogP contribution in [0.25, 0.3) is 0 Å². The maximum Gasteiger partial charge on any atom is 0.0166 e. The van der Waals surface area contributed by atoms with Crippen molar-refractivity contribution in [1.29, 1.82) is 0 Å². The molecule has 0 aromatic carbocycles. The minimum Gasteiger partial charge on any atom is -0.305 e. The van der Waals surface area contributed by atoms with Crippen LogP contribution in [-0.4, -0.2) is 25.0 Å². The monoisotopic (exact) mass is 165 g/mol. The summed E-state index contributed by atoms with van der Waals surface area (Å²) in [7, 11) is 2.22. The smallest absolute Gasteiger partial charge is 0.0166 e. The van der Waals surface area contributed by atoms with Gasteiger partial charge in [-0.25, -0.2) is 0 Å². The summed E-state index contributed by atoms with van der Waals surface area (Å²) < 4.78 is 0. The van der Waals surface area contributed by atoms with Crippen molar-refractivity contribution in [2.45, 2.75) is 33.1 Å². The van der Waals surface area contributed by atoms with Crippen molar-refractivity contribution in [3.05, 3.63) is 11.1 Å². The molecule has 0 atom stereocenters. The quantitative estimate of drug-likeness (QED) is 0.498. The van der Waals surface area contributed by atoms with E-state index in [1.165, 1.54) is 32.4 Å². The Morgan fingerprint density at radius 3 is 2.50 bits per heavy atom. The van der Waals surface area contributed by atoms with Crippen LogP contribution in [0.1, 0.15) is 33.1 Å². The Hall–Kier alpha value is -0.300. The van der Waals surface area contributed by atoms with Gasteiger partial charge in [0.2, 0.25) is 0 Å². The van der Waals surface area contributed by atoms with Gasteiger partial charge in [-0.3, -0.25) is 0 Å². The van der Waals surface area contributed by atoms with E-state index in [4.69, 9.17) is 0 Å². The largest absolute Gasteiger partial charge is 0.305 e. The second-order valence-corrected chi connectivity index (χ2v) is 4.71. The Kier molecular flexibility index (Phi) is 1.80. The van der Waals surface area contributed by atoms with Gasteiger partial charge in [0, 0.05) is 18.5 Å². The third-order valence-corrected chi connectivity index (χ3v) is 3.79. The van der Waals surface area contributed by atoms with Gasteiger partial charge in [0.05, 0.1) is 0 Å². The molecule has 1 spiro atoms. The minimum absolute atomic E-state index is 0.608. The van der Waals surface area contributed by atoms with Gasteiger partial charge in [-0.2, -0.15) is 0 Å². The molecular weight excluding hydrogens is 146 g/mol. The van der Waals surface area contributed by atoms with Crippen LogP contribution < -0.4 is 0 Å². The highest BCUT2D eigenvalue weighted by Gasteiger charge is 2.43. The molecule has 0 N–H and O–H groups in total. The van der Waals surface area contributed by atoms with Gasteiger partial charge in [-0.1, -0.05) is 11.1 Å². The summed E-state index contributed by atoms with van der Waals surface area (Å²) in [5.41, 5.74) is 3.97. The molecule has 0 aromatic rings. The summed E-state index contributed by atoms with van der Waals surface area (Å²) >= 11 is 0. The highest BCUT2D eigenvalue weighted by molar-refractivity contribution is 5.26. The highest BCUT2D eigenvalue weighted by Crippen LogP contribution is 2.46. The van der Waals surface area contributed by atoms with Crippen LogP contribution >= 0.6 is 0 Å². The molecule has 0 amide bonds. The fraction of sp³-hybridized carbons (Fsp3) is 0.818. The molecule has 0 unspecified atom stereocenters. The minimum atomic E-state index is 0.608. The summed E-state index contributed by atoms with van der Waals surface area (Å²) in [6, 6.07) is 0. The van der Waals surface area contributed by atoms with E-state index in [0.29, 0.717) is 5.41 Å². The standard InChI is InChI=1S/C11H19N/c1-9-5-4-6-11(10(9)2)7-12(3)8-11/h4-8H2,1-3H3. The molecule has 0 aromatic heterocycles. The lowest BCUT2D eigenvalue weighted by atomic mass is 9.66. The average Bonchev–Trinajstić information content (AvgIpc) is 1.97. The van der Waals surface area contributed by atoms with Crippen LogP contribution in [0.15, 0.2) is 11.1 Å². The molecule has 0 radical (unpaired) electrons. The molecule has 1 nitrogen and oxygen atoms in total. The van der Waals surface area contributed by atoms with Crippen LogP contribution in [0.3, 0.4) is 0 Å². The highest BCUT2D eigenvalue weighted by atomic mass is 15.2. The van der Waals surface area contributed by atoms with Crippen LogP contribution in [0.5, 0.6) is 0 Å². The third-order valence-electron chi connectivity index (χ3n) is 3.79. The molecular formula is C11H19N. The van der Waals surface area contributed by atoms with Crippen molar-refractivity contribution in [3.8, 4) is 0 Å². The van der Waals surface area contributed by atoms with E-state index in [1.807, 2.05) is 0 Å². The summed E-state index contributed by atoms with van der Waals surface area (Å²) in [5, 5.41) is 0. The van der Waals surface area contributed by atoms with Crippen LogP contribution in [0.4, 0.5) is 0 Å². The molecule has 1 heteroatoms. The van der Waals surface area contributed by atoms with Crippen molar-refractivity contribution >= 4 is 0 Å². The normalized spacial score (nSPS) is 29.2. The molecule has 12 heavy (non-hydrogen) atoms. The van der Waals surface area contributed by atoms with E-state index in [2.05, 4.69) is 25.8 Å². The van der Waals surface area contributed by atoms with Gasteiger partial charge in [0.1, 0.15) is 0 Å². The van der Waals surface area contributed by atoms with Crippen molar-refractivity contribution in [1.82, 2.24) is 4.90 Å². The maximum absolute atomic E-state index is 2.43. The van der Waals surface area contributed by atoms with Gasteiger partial charge >= 0.3 is 0 Å². The maximum atomic E-state index is 2.43. The average molecular weight is 165 g/mol. The van der Waals surface area contributed by atoms with E-state index in [1.54, 1.807) is 11.1 Å². The van der Waals surface area contributed by atoms with E-state index >= 15 is 0 Å². The number of hydrogen-bond donors (Lipinski definition) is 0. The Balaban J connectivity index is 2.21. The Labute approximate surface area is 75.4 Å². The van der Waals surface area contributed by atoms with Crippen molar-refractivity contribution in [3.63, 3.8) is 0 Å². The predicted octanol–water partition coefficient (Wildman–Crippen LogP) is 2.44. The van der Waals surface area contributed by atoms with Crippen molar-refractivity contribution in [2.75, 3.05) is 20.1 Å². The number of likely N-dealkylation sites (tertiary alicyclic amines) is 1. The zero-order chi connectivity index (χ0) is 8.77. The van der Waals surface area contributed by atoms with Crippen molar-refractivity contribution < 1.29 is 0 Å².